The quantitative estimate of drug-likeness (QED) is 0.657. The summed E-state index contributed by atoms with van der Waals surface area (Å²) >= 11 is 0. The fraction of sp³-hybridized carbons (Fsp3) is 0.385. The summed E-state index contributed by atoms with van der Waals surface area (Å²) in [5.41, 5.74) is 2.98. The van der Waals surface area contributed by atoms with Crippen LogP contribution in [-0.2, 0) is 19.6 Å². The van der Waals surface area contributed by atoms with Gasteiger partial charge in [-0.25, -0.2) is 8.42 Å². The van der Waals surface area contributed by atoms with Crippen LogP contribution in [0, 0.1) is 0 Å². The molecule has 0 bridgehead atoms. The summed E-state index contributed by atoms with van der Waals surface area (Å²) in [5.74, 6) is -0.459. The van der Waals surface area contributed by atoms with E-state index in [4.69, 9.17) is 0 Å². The minimum absolute atomic E-state index is 0.0386. The standard InChI is InChI=1S/C26H32N4O4S/c1-19(31)30-16-13-20-9-5-6-10-22(20)25(30)18-26(32)27-23-17-21(11-12-24(23)28(2)3)35(33,34)29-14-7-4-8-15-29/h5-6,9-13,16-17,25H,4,7-8,14-15,18H2,1-3H3,(H,27,32)/t25-/m0/s1. The summed E-state index contributed by atoms with van der Waals surface area (Å²) < 4.78 is 28.0. The van der Waals surface area contributed by atoms with Gasteiger partial charge in [0.1, 0.15) is 0 Å². The number of carbonyl (C=O) groups is 2. The Morgan fingerprint density at radius 2 is 1.77 bits per heavy atom. The zero-order valence-corrected chi connectivity index (χ0v) is 21.2. The molecule has 2 aliphatic rings. The molecule has 2 aromatic carbocycles. The predicted molar refractivity (Wildman–Crippen MR) is 137 cm³/mol. The number of rotatable bonds is 6. The molecule has 35 heavy (non-hydrogen) atoms. The van der Waals surface area contributed by atoms with Crippen LogP contribution in [0.15, 0.2) is 53.6 Å². The molecule has 0 aliphatic carbocycles. The maximum absolute atomic E-state index is 13.2. The second-order valence-electron chi connectivity index (χ2n) is 9.18. The van der Waals surface area contributed by atoms with Crippen molar-refractivity contribution in [3.8, 4) is 0 Å². The third kappa shape index (κ3) is 5.26. The molecule has 0 spiro atoms. The second-order valence-corrected chi connectivity index (χ2v) is 11.1. The van der Waals surface area contributed by atoms with E-state index in [9.17, 15) is 18.0 Å². The van der Waals surface area contributed by atoms with Crippen molar-refractivity contribution in [2.45, 2.75) is 43.5 Å². The van der Waals surface area contributed by atoms with Crippen molar-refractivity contribution in [1.82, 2.24) is 9.21 Å². The summed E-state index contributed by atoms with van der Waals surface area (Å²) in [6, 6.07) is 12.1. The fourth-order valence-corrected chi connectivity index (χ4v) is 6.25. The number of nitrogens with one attached hydrogen (secondary N) is 1. The highest BCUT2D eigenvalue weighted by Gasteiger charge is 2.30. The number of piperidine rings is 1. The molecule has 8 nitrogen and oxygen atoms in total. The van der Waals surface area contributed by atoms with E-state index in [1.807, 2.05) is 49.3 Å². The van der Waals surface area contributed by atoms with Crippen molar-refractivity contribution in [2.75, 3.05) is 37.4 Å². The zero-order valence-electron chi connectivity index (χ0n) is 20.4. The average Bonchev–Trinajstić information content (AvgIpc) is 2.84. The molecule has 1 fully saturated rings. The van der Waals surface area contributed by atoms with Crippen LogP contribution in [0.3, 0.4) is 0 Å². The number of anilines is 2. The van der Waals surface area contributed by atoms with Crippen LogP contribution < -0.4 is 10.2 Å². The van der Waals surface area contributed by atoms with E-state index >= 15 is 0 Å². The lowest BCUT2D eigenvalue weighted by Gasteiger charge is -2.32. The predicted octanol–water partition coefficient (Wildman–Crippen LogP) is 3.83. The Hall–Kier alpha value is -3.17. The summed E-state index contributed by atoms with van der Waals surface area (Å²) in [5, 5.41) is 2.92. The molecule has 1 atom stereocenters. The Labute approximate surface area is 207 Å². The van der Waals surface area contributed by atoms with E-state index in [0.717, 1.165) is 30.4 Å². The van der Waals surface area contributed by atoms with Gasteiger partial charge >= 0.3 is 0 Å². The van der Waals surface area contributed by atoms with E-state index < -0.39 is 16.1 Å². The smallest absolute Gasteiger partial charge is 0.243 e. The first kappa shape index (κ1) is 24.9. The molecule has 0 radical (unpaired) electrons. The number of amides is 2. The van der Waals surface area contributed by atoms with Crippen LogP contribution in [0.25, 0.3) is 6.08 Å². The largest absolute Gasteiger partial charge is 0.376 e. The Morgan fingerprint density at radius 3 is 2.46 bits per heavy atom. The van der Waals surface area contributed by atoms with Crippen LogP contribution in [-0.4, -0.2) is 56.6 Å². The van der Waals surface area contributed by atoms with Gasteiger partial charge < -0.3 is 15.1 Å². The molecule has 2 amide bonds. The van der Waals surface area contributed by atoms with Gasteiger partial charge in [-0.05, 0) is 48.2 Å². The van der Waals surface area contributed by atoms with E-state index in [2.05, 4.69) is 5.32 Å². The normalized spacial score (nSPS) is 18.1. The topological polar surface area (TPSA) is 90.0 Å². The van der Waals surface area contributed by atoms with Gasteiger partial charge in [0.15, 0.2) is 0 Å². The average molecular weight is 497 g/mol. The number of benzene rings is 2. The van der Waals surface area contributed by atoms with Crippen molar-refractivity contribution in [3.05, 3.63) is 59.8 Å². The van der Waals surface area contributed by atoms with Gasteiger partial charge in [-0.3, -0.25) is 9.59 Å². The van der Waals surface area contributed by atoms with Crippen LogP contribution in [0.4, 0.5) is 11.4 Å². The highest BCUT2D eigenvalue weighted by Crippen LogP contribution is 2.34. The SMILES string of the molecule is CC(=O)N1C=Cc2ccccc2[C@@H]1CC(=O)Nc1cc(S(=O)(=O)N2CCCCC2)ccc1N(C)C. The summed E-state index contributed by atoms with van der Waals surface area (Å²) in [6.07, 6.45) is 6.34. The van der Waals surface area contributed by atoms with Crippen molar-refractivity contribution >= 4 is 39.3 Å². The molecule has 0 aromatic heterocycles. The molecule has 1 saturated heterocycles. The molecule has 1 N–H and O–H groups in total. The van der Waals surface area contributed by atoms with Crippen molar-refractivity contribution in [3.63, 3.8) is 0 Å². The van der Waals surface area contributed by atoms with Gasteiger partial charge in [0.25, 0.3) is 0 Å². The number of sulfonamides is 1. The maximum atomic E-state index is 13.2. The van der Waals surface area contributed by atoms with E-state index in [0.29, 0.717) is 24.5 Å². The van der Waals surface area contributed by atoms with E-state index in [1.54, 1.807) is 23.2 Å². The molecule has 0 unspecified atom stereocenters. The van der Waals surface area contributed by atoms with Crippen LogP contribution in [0.1, 0.15) is 49.8 Å². The summed E-state index contributed by atoms with van der Waals surface area (Å²) in [7, 11) is 0.0250. The number of carbonyl (C=O) groups excluding carboxylic acids is 2. The molecule has 9 heteroatoms. The Kier molecular flexibility index (Phi) is 7.28. The molecule has 2 heterocycles. The molecule has 0 saturated carbocycles. The first-order chi connectivity index (χ1) is 16.7. The molecular formula is C26H32N4O4S. The third-order valence-electron chi connectivity index (χ3n) is 6.52. The Balaban J connectivity index is 1.61. The molecule has 2 aliphatic heterocycles. The van der Waals surface area contributed by atoms with Gasteiger partial charge in [-0.1, -0.05) is 30.7 Å². The molecular weight excluding hydrogens is 464 g/mol. The third-order valence-corrected chi connectivity index (χ3v) is 8.42. The van der Waals surface area contributed by atoms with Crippen LogP contribution in [0.2, 0.25) is 0 Å². The number of nitrogens with zero attached hydrogens (tertiary/aromatic N) is 3. The van der Waals surface area contributed by atoms with Crippen molar-refractivity contribution in [2.24, 2.45) is 0 Å². The summed E-state index contributed by atoms with van der Waals surface area (Å²) in [4.78, 5) is 29.1. The Morgan fingerprint density at radius 1 is 1.06 bits per heavy atom. The molecule has 186 valence electrons. The van der Waals surface area contributed by atoms with Crippen LogP contribution in [0.5, 0.6) is 0 Å². The van der Waals surface area contributed by atoms with Gasteiger partial charge in [0.2, 0.25) is 21.8 Å². The van der Waals surface area contributed by atoms with Crippen molar-refractivity contribution < 1.29 is 18.0 Å². The van der Waals surface area contributed by atoms with Crippen LogP contribution >= 0.6 is 0 Å². The van der Waals surface area contributed by atoms with E-state index in [1.165, 1.54) is 17.3 Å². The van der Waals surface area contributed by atoms with Crippen molar-refractivity contribution in [1.29, 1.82) is 0 Å². The van der Waals surface area contributed by atoms with Gasteiger partial charge in [-0.15, -0.1) is 0 Å². The number of hydrogen-bond acceptors (Lipinski definition) is 5. The number of fused-ring (bicyclic) bond motifs is 1. The lowest BCUT2D eigenvalue weighted by molar-refractivity contribution is -0.129. The maximum Gasteiger partial charge on any atom is 0.243 e. The van der Waals surface area contributed by atoms with Gasteiger partial charge in [0.05, 0.1) is 28.7 Å². The Bertz CT molecular complexity index is 1250. The lowest BCUT2D eigenvalue weighted by Crippen LogP contribution is -2.35. The van der Waals surface area contributed by atoms with Gasteiger partial charge in [-0.2, -0.15) is 4.31 Å². The minimum Gasteiger partial charge on any atom is -0.376 e. The monoisotopic (exact) mass is 496 g/mol. The fourth-order valence-electron chi connectivity index (χ4n) is 4.71. The van der Waals surface area contributed by atoms with E-state index in [-0.39, 0.29) is 23.1 Å². The number of hydrogen-bond donors (Lipinski definition) is 1. The summed E-state index contributed by atoms with van der Waals surface area (Å²) in [6.45, 7) is 2.49. The second kappa shape index (κ2) is 10.2. The zero-order chi connectivity index (χ0) is 25.2. The highest BCUT2D eigenvalue weighted by atomic mass is 32.2. The first-order valence-electron chi connectivity index (χ1n) is 11.9. The minimum atomic E-state index is -3.65. The first-order valence-corrected chi connectivity index (χ1v) is 13.3. The highest BCUT2D eigenvalue weighted by molar-refractivity contribution is 7.89. The van der Waals surface area contributed by atoms with Gasteiger partial charge in [0, 0.05) is 40.3 Å². The molecule has 4 rings (SSSR count). The lowest BCUT2D eigenvalue weighted by atomic mass is 9.93. The molecule has 2 aromatic rings.